The van der Waals surface area contributed by atoms with Gasteiger partial charge in [-0.15, -0.1) is 0 Å². The van der Waals surface area contributed by atoms with E-state index in [1.807, 2.05) is 0 Å². The molecule has 0 radical (unpaired) electrons. The van der Waals surface area contributed by atoms with Gasteiger partial charge in [-0.3, -0.25) is 0 Å². The van der Waals surface area contributed by atoms with E-state index in [2.05, 4.69) is 15.9 Å². The van der Waals surface area contributed by atoms with E-state index < -0.39 is 12.1 Å². The van der Waals surface area contributed by atoms with Crippen molar-refractivity contribution in [2.75, 3.05) is 0 Å². The zero-order valence-electron chi connectivity index (χ0n) is 11.1. The average Bonchev–Trinajstić information content (AvgIpc) is 2.42. The van der Waals surface area contributed by atoms with Gasteiger partial charge >= 0.3 is 0 Å². The van der Waals surface area contributed by atoms with Gasteiger partial charge in [0.05, 0.1) is 10.0 Å². The molecule has 0 fully saturated rings. The molecule has 0 aliphatic carbocycles. The average molecular weight is 393 g/mol. The van der Waals surface area contributed by atoms with E-state index in [-0.39, 0.29) is 5.82 Å². The quantitative estimate of drug-likeness (QED) is 0.710. The first-order valence-corrected chi connectivity index (χ1v) is 7.76. The van der Waals surface area contributed by atoms with E-state index in [1.54, 1.807) is 37.3 Å². The second-order valence-electron chi connectivity index (χ2n) is 4.62. The van der Waals surface area contributed by atoms with Gasteiger partial charge in [-0.25, -0.2) is 4.39 Å². The number of nitrogens with two attached hydrogens (primary N) is 1. The van der Waals surface area contributed by atoms with Crippen LogP contribution in [0.15, 0.2) is 40.9 Å². The van der Waals surface area contributed by atoms with Crippen LogP contribution in [0, 0.1) is 5.82 Å². The summed E-state index contributed by atoms with van der Waals surface area (Å²) in [4.78, 5) is 0. The normalized spacial score (nSPS) is 13.8. The molecule has 2 unspecified atom stereocenters. The lowest BCUT2D eigenvalue weighted by atomic mass is 10.0. The largest absolute Gasteiger partial charge is 0.482 e. The molecule has 2 aromatic rings. The molecule has 2 N–H and O–H groups in total. The first-order valence-electron chi connectivity index (χ1n) is 6.21. The van der Waals surface area contributed by atoms with Gasteiger partial charge in [-0.05, 0) is 35.0 Å². The number of benzene rings is 2. The van der Waals surface area contributed by atoms with E-state index in [1.165, 1.54) is 6.07 Å². The topological polar surface area (TPSA) is 35.2 Å². The van der Waals surface area contributed by atoms with Gasteiger partial charge < -0.3 is 10.5 Å². The molecule has 0 heterocycles. The summed E-state index contributed by atoms with van der Waals surface area (Å²) in [6.45, 7) is 1.74. The number of rotatable bonds is 4. The lowest BCUT2D eigenvalue weighted by molar-refractivity contribution is 0.176. The molecular formula is C15H13BrCl2FNO. The molecule has 112 valence electrons. The van der Waals surface area contributed by atoms with Crippen molar-refractivity contribution in [2.24, 2.45) is 5.73 Å². The third-order valence-corrected chi connectivity index (χ3v) is 4.41. The van der Waals surface area contributed by atoms with Gasteiger partial charge in [-0.1, -0.05) is 41.4 Å². The fourth-order valence-electron chi connectivity index (χ4n) is 1.89. The molecule has 2 atom stereocenters. The van der Waals surface area contributed by atoms with Crippen LogP contribution in [0.2, 0.25) is 10.0 Å². The predicted octanol–water partition coefficient (Wildman–Crippen LogP) is 5.36. The standard InChI is InChI=1S/C15H13BrCl2FNO/c1-8(20)15(9-4-2-3-5-13(9)19)21-14-7-11(17)10(16)6-12(14)18/h2-8,15H,20H2,1H3. The van der Waals surface area contributed by atoms with Crippen molar-refractivity contribution in [3.05, 3.63) is 62.3 Å². The number of hydrogen-bond acceptors (Lipinski definition) is 2. The van der Waals surface area contributed by atoms with E-state index in [0.717, 1.165) is 0 Å². The van der Waals surface area contributed by atoms with Crippen molar-refractivity contribution in [3.63, 3.8) is 0 Å². The molecule has 6 heteroatoms. The van der Waals surface area contributed by atoms with E-state index >= 15 is 0 Å². The maximum atomic E-state index is 13.9. The Bertz CT molecular complexity index is 652. The van der Waals surface area contributed by atoms with E-state index in [9.17, 15) is 4.39 Å². The lowest BCUT2D eigenvalue weighted by Crippen LogP contribution is -2.29. The lowest BCUT2D eigenvalue weighted by Gasteiger charge is -2.24. The molecule has 0 aliphatic rings. The fourth-order valence-corrected chi connectivity index (χ4v) is 2.73. The number of halogens is 4. The van der Waals surface area contributed by atoms with Gasteiger partial charge in [0.25, 0.3) is 0 Å². The van der Waals surface area contributed by atoms with Crippen LogP contribution in [0.5, 0.6) is 5.75 Å². The Morgan fingerprint density at radius 1 is 1.19 bits per heavy atom. The zero-order chi connectivity index (χ0) is 15.6. The van der Waals surface area contributed by atoms with Gasteiger partial charge in [0.2, 0.25) is 0 Å². The van der Waals surface area contributed by atoms with Crippen molar-refractivity contribution in [2.45, 2.75) is 19.1 Å². The first kappa shape index (κ1) is 16.6. The van der Waals surface area contributed by atoms with Crippen molar-refractivity contribution >= 4 is 39.1 Å². The minimum Gasteiger partial charge on any atom is -0.482 e. The molecule has 2 aromatic carbocycles. The minimum absolute atomic E-state index is 0.357. The molecule has 0 amide bonds. The number of ether oxygens (including phenoxy) is 1. The molecule has 0 spiro atoms. The van der Waals surface area contributed by atoms with Crippen LogP contribution >= 0.6 is 39.1 Å². The van der Waals surface area contributed by atoms with Gasteiger partial charge in [-0.2, -0.15) is 0 Å². The van der Waals surface area contributed by atoms with Crippen LogP contribution < -0.4 is 10.5 Å². The second-order valence-corrected chi connectivity index (χ2v) is 6.28. The SMILES string of the molecule is CC(N)C(Oc1cc(Cl)c(Br)cc1Cl)c1ccccc1F. The van der Waals surface area contributed by atoms with Crippen LogP contribution in [0.1, 0.15) is 18.6 Å². The monoisotopic (exact) mass is 391 g/mol. The third kappa shape index (κ3) is 3.89. The Labute approximate surface area is 141 Å². The van der Waals surface area contributed by atoms with Gasteiger partial charge in [0, 0.05) is 22.1 Å². The smallest absolute Gasteiger partial charge is 0.141 e. The van der Waals surface area contributed by atoms with Crippen LogP contribution in [0.3, 0.4) is 0 Å². The van der Waals surface area contributed by atoms with Crippen molar-refractivity contribution in [3.8, 4) is 5.75 Å². The Kier molecular flexibility index (Phi) is 5.49. The van der Waals surface area contributed by atoms with Crippen molar-refractivity contribution in [1.82, 2.24) is 0 Å². The molecule has 0 saturated heterocycles. The molecular weight excluding hydrogens is 380 g/mol. The maximum absolute atomic E-state index is 13.9. The summed E-state index contributed by atoms with van der Waals surface area (Å²) < 4.78 is 20.4. The molecule has 2 nitrogen and oxygen atoms in total. The predicted molar refractivity (Wildman–Crippen MR) is 87.6 cm³/mol. The summed E-state index contributed by atoms with van der Waals surface area (Å²) in [7, 11) is 0. The summed E-state index contributed by atoms with van der Waals surface area (Å²) in [6.07, 6.45) is -0.666. The van der Waals surface area contributed by atoms with Crippen LogP contribution in [-0.2, 0) is 0 Å². The highest BCUT2D eigenvalue weighted by molar-refractivity contribution is 9.10. The Hall–Kier alpha value is -0.810. The molecule has 0 bridgehead atoms. The summed E-state index contributed by atoms with van der Waals surface area (Å²) in [5, 5.41) is 0.819. The molecule has 21 heavy (non-hydrogen) atoms. The second kappa shape index (κ2) is 6.97. The Balaban J connectivity index is 2.38. The highest BCUT2D eigenvalue weighted by Gasteiger charge is 2.23. The molecule has 2 rings (SSSR count). The summed E-state index contributed by atoms with van der Waals surface area (Å²) in [5.74, 6) is -0.0189. The van der Waals surface area contributed by atoms with Gasteiger partial charge in [0.15, 0.2) is 0 Å². The molecule has 0 saturated carbocycles. The third-order valence-electron chi connectivity index (χ3n) is 2.92. The summed E-state index contributed by atoms with van der Waals surface area (Å²) in [5.41, 5.74) is 6.30. The summed E-state index contributed by atoms with van der Waals surface area (Å²) >= 11 is 15.4. The molecule has 0 aromatic heterocycles. The highest BCUT2D eigenvalue weighted by atomic mass is 79.9. The van der Waals surface area contributed by atoms with Crippen LogP contribution in [0.4, 0.5) is 4.39 Å². The highest BCUT2D eigenvalue weighted by Crippen LogP contribution is 2.37. The van der Waals surface area contributed by atoms with Gasteiger partial charge in [0.1, 0.15) is 17.7 Å². The van der Waals surface area contributed by atoms with Crippen LogP contribution in [0.25, 0.3) is 0 Å². The fraction of sp³-hybridized carbons (Fsp3) is 0.200. The Morgan fingerprint density at radius 2 is 1.86 bits per heavy atom. The maximum Gasteiger partial charge on any atom is 0.141 e. The summed E-state index contributed by atoms with van der Waals surface area (Å²) in [6, 6.07) is 9.11. The Morgan fingerprint density at radius 3 is 2.48 bits per heavy atom. The van der Waals surface area contributed by atoms with Crippen LogP contribution in [-0.4, -0.2) is 6.04 Å². The van der Waals surface area contributed by atoms with Crippen molar-refractivity contribution in [1.29, 1.82) is 0 Å². The first-order chi connectivity index (χ1) is 9.90. The van der Waals surface area contributed by atoms with E-state index in [0.29, 0.717) is 25.8 Å². The van der Waals surface area contributed by atoms with Crippen molar-refractivity contribution < 1.29 is 9.13 Å². The number of hydrogen-bond donors (Lipinski definition) is 1. The minimum atomic E-state index is -0.666. The molecule has 0 aliphatic heterocycles. The zero-order valence-corrected chi connectivity index (χ0v) is 14.2. The van der Waals surface area contributed by atoms with E-state index in [4.69, 9.17) is 33.7 Å².